The zero-order chi connectivity index (χ0) is 13.3. The number of benzene rings is 1. The summed E-state index contributed by atoms with van der Waals surface area (Å²) in [7, 11) is 1.57. The number of halogens is 3. The molecule has 0 saturated carbocycles. The lowest BCUT2D eigenvalue weighted by Crippen LogP contribution is -2.31. The fourth-order valence-corrected chi connectivity index (χ4v) is 2.48. The van der Waals surface area contributed by atoms with E-state index in [2.05, 4.69) is 15.9 Å². The van der Waals surface area contributed by atoms with E-state index in [1.807, 2.05) is 0 Å². The van der Waals surface area contributed by atoms with E-state index in [1.54, 1.807) is 7.11 Å². The Morgan fingerprint density at radius 3 is 2.72 bits per heavy atom. The minimum absolute atomic E-state index is 0.0376. The van der Waals surface area contributed by atoms with Gasteiger partial charge < -0.3 is 9.64 Å². The largest absolute Gasteiger partial charge is 0.380 e. The molecule has 1 amide bonds. The summed E-state index contributed by atoms with van der Waals surface area (Å²) in [6, 6.07) is 1.94. The number of likely N-dealkylation sites (tertiary alicyclic amines) is 1. The molecule has 0 N–H and O–H groups in total. The molecule has 1 atom stereocenters. The second-order valence-electron chi connectivity index (χ2n) is 4.12. The van der Waals surface area contributed by atoms with E-state index in [0.29, 0.717) is 19.5 Å². The molecule has 2 rings (SSSR count). The number of methoxy groups -OCH3 is 1. The van der Waals surface area contributed by atoms with Gasteiger partial charge in [0.15, 0.2) is 0 Å². The van der Waals surface area contributed by atoms with Gasteiger partial charge in [-0.15, -0.1) is 0 Å². The molecule has 1 saturated heterocycles. The van der Waals surface area contributed by atoms with E-state index in [1.165, 1.54) is 4.90 Å². The first-order valence-corrected chi connectivity index (χ1v) is 6.29. The van der Waals surface area contributed by atoms with Crippen molar-refractivity contribution in [3.05, 3.63) is 33.8 Å². The Balaban J connectivity index is 2.27. The van der Waals surface area contributed by atoms with Gasteiger partial charge in [-0.05, 0) is 34.5 Å². The van der Waals surface area contributed by atoms with Crippen LogP contribution >= 0.6 is 15.9 Å². The fourth-order valence-electron chi connectivity index (χ4n) is 1.99. The maximum Gasteiger partial charge on any atom is 0.258 e. The van der Waals surface area contributed by atoms with E-state index in [-0.39, 0.29) is 16.1 Å². The molecule has 0 spiro atoms. The highest BCUT2D eigenvalue weighted by molar-refractivity contribution is 9.10. The van der Waals surface area contributed by atoms with Crippen LogP contribution in [0, 0.1) is 11.6 Å². The molecule has 1 aliphatic rings. The average molecular weight is 320 g/mol. The Morgan fingerprint density at radius 2 is 2.11 bits per heavy atom. The van der Waals surface area contributed by atoms with Gasteiger partial charge >= 0.3 is 0 Å². The number of carbonyl (C=O) groups is 1. The van der Waals surface area contributed by atoms with Crippen molar-refractivity contribution in [1.29, 1.82) is 0 Å². The van der Waals surface area contributed by atoms with E-state index in [0.717, 1.165) is 12.1 Å². The minimum atomic E-state index is -0.728. The Morgan fingerprint density at radius 1 is 1.44 bits per heavy atom. The predicted octanol–water partition coefficient (Wildman–Crippen LogP) is 2.59. The van der Waals surface area contributed by atoms with Crippen LogP contribution in [0.3, 0.4) is 0 Å². The SMILES string of the molecule is CO[C@@H]1CCN(C(=O)c2c(F)ccc(F)c2Br)C1. The van der Waals surface area contributed by atoms with Crippen molar-refractivity contribution < 1.29 is 18.3 Å². The highest BCUT2D eigenvalue weighted by Crippen LogP contribution is 2.26. The molecule has 0 aromatic heterocycles. The number of ether oxygens (including phenoxy) is 1. The maximum atomic E-state index is 13.6. The Bertz CT molecular complexity index is 481. The fraction of sp³-hybridized carbons (Fsp3) is 0.417. The van der Waals surface area contributed by atoms with Crippen molar-refractivity contribution in [2.24, 2.45) is 0 Å². The van der Waals surface area contributed by atoms with Gasteiger partial charge in [-0.2, -0.15) is 0 Å². The summed E-state index contributed by atoms with van der Waals surface area (Å²) in [5, 5.41) is 0. The van der Waals surface area contributed by atoms with E-state index in [4.69, 9.17) is 4.74 Å². The van der Waals surface area contributed by atoms with Gasteiger partial charge in [0.25, 0.3) is 5.91 Å². The van der Waals surface area contributed by atoms with Gasteiger partial charge in [0.05, 0.1) is 16.1 Å². The molecule has 6 heteroatoms. The monoisotopic (exact) mass is 319 g/mol. The first kappa shape index (κ1) is 13.4. The summed E-state index contributed by atoms with van der Waals surface area (Å²) in [5.74, 6) is -1.89. The molecule has 3 nitrogen and oxygen atoms in total. The van der Waals surface area contributed by atoms with Gasteiger partial charge in [0.1, 0.15) is 11.6 Å². The molecule has 18 heavy (non-hydrogen) atoms. The first-order valence-electron chi connectivity index (χ1n) is 5.50. The lowest BCUT2D eigenvalue weighted by atomic mass is 10.2. The highest BCUT2D eigenvalue weighted by atomic mass is 79.9. The maximum absolute atomic E-state index is 13.6. The minimum Gasteiger partial charge on any atom is -0.380 e. The second-order valence-corrected chi connectivity index (χ2v) is 4.91. The molecule has 1 fully saturated rings. The van der Waals surface area contributed by atoms with Crippen molar-refractivity contribution in [3.63, 3.8) is 0 Å². The molecule has 0 bridgehead atoms. The van der Waals surface area contributed by atoms with Gasteiger partial charge in [0.2, 0.25) is 0 Å². The lowest BCUT2D eigenvalue weighted by Gasteiger charge is -2.17. The summed E-state index contributed by atoms with van der Waals surface area (Å²) in [6.45, 7) is 0.886. The van der Waals surface area contributed by atoms with Crippen molar-refractivity contribution in [2.75, 3.05) is 20.2 Å². The van der Waals surface area contributed by atoms with Gasteiger partial charge in [-0.3, -0.25) is 4.79 Å². The molecule has 0 unspecified atom stereocenters. The van der Waals surface area contributed by atoms with Gasteiger partial charge in [-0.1, -0.05) is 0 Å². The molecule has 1 heterocycles. The standard InChI is InChI=1S/C12H12BrF2NO2/c1-18-7-4-5-16(6-7)12(17)10-8(14)2-3-9(15)11(10)13/h2-3,7H,4-6H2,1H3/t7-/m1/s1. The third-order valence-corrected chi connectivity index (χ3v) is 3.80. The van der Waals surface area contributed by atoms with Crippen LogP contribution in [0.1, 0.15) is 16.8 Å². The third-order valence-electron chi connectivity index (χ3n) is 3.02. The molecular formula is C12H12BrF2NO2. The van der Waals surface area contributed by atoms with E-state index in [9.17, 15) is 13.6 Å². The number of hydrogen-bond donors (Lipinski definition) is 0. The first-order chi connectivity index (χ1) is 8.54. The van der Waals surface area contributed by atoms with Crippen LogP contribution in [-0.2, 0) is 4.74 Å². The molecule has 0 aliphatic carbocycles. The highest BCUT2D eigenvalue weighted by Gasteiger charge is 2.30. The van der Waals surface area contributed by atoms with Gasteiger partial charge in [0, 0.05) is 20.2 Å². The Labute approximate surface area is 112 Å². The average Bonchev–Trinajstić information content (AvgIpc) is 2.83. The summed E-state index contributed by atoms with van der Waals surface area (Å²) in [5.41, 5.74) is -0.258. The molecular weight excluding hydrogens is 308 g/mol. The topological polar surface area (TPSA) is 29.5 Å². The summed E-state index contributed by atoms with van der Waals surface area (Å²) in [4.78, 5) is 13.6. The quantitative estimate of drug-likeness (QED) is 0.784. The molecule has 1 aliphatic heterocycles. The zero-order valence-electron chi connectivity index (χ0n) is 9.75. The van der Waals surface area contributed by atoms with Crippen molar-refractivity contribution in [1.82, 2.24) is 4.90 Å². The number of carbonyl (C=O) groups excluding carboxylic acids is 1. The lowest BCUT2D eigenvalue weighted by molar-refractivity contribution is 0.0718. The van der Waals surface area contributed by atoms with Crippen LogP contribution in [0.4, 0.5) is 8.78 Å². The second kappa shape index (κ2) is 5.32. The number of rotatable bonds is 2. The van der Waals surface area contributed by atoms with Crippen molar-refractivity contribution in [3.8, 4) is 0 Å². The van der Waals surface area contributed by atoms with Crippen LogP contribution in [-0.4, -0.2) is 37.1 Å². The summed E-state index contributed by atoms with van der Waals surface area (Å²) in [6.07, 6.45) is 0.668. The van der Waals surface area contributed by atoms with E-state index >= 15 is 0 Å². The summed E-state index contributed by atoms with van der Waals surface area (Å²) >= 11 is 2.92. The Hall–Kier alpha value is -1.01. The smallest absolute Gasteiger partial charge is 0.258 e. The summed E-state index contributed by atoms with van der Waals surface area (Å²) < 4.78 is 32.0. The van der Waals surface area contributed by atoms with Crippen LogP contribution in [0.15, 0.2) is 16.6 Å². The predicted molar refractivity (Wildman–Crippen MR) is 65.4 cm³/mol. The zero-order valence-corrected chi connectivity index (χ0v) is 11.3. The third kappa shape index (κ3) is 2.40. The van der Waals surface area contributed by atoms with E-state index < -0.39 is 17.5 Å². The molecule has 98 valence electrons. The van der Waals surface area contributed by atoms with Crippen molar-refractivity contribution >= 4 is 21.8 Å². The molecule has 0 radical (unpaired) electrons. The van der Waals surface area contributed by atoms with Crippen molar-refractivity contribution in [2.45, 2.75) is 12.5 Å². The van der Waals surface area contributed by atoms with Crippen LogP contribution in [0.25, 0.3) is 0 Å². The Kier molecular flexibility index (Phi) is 3.97. The normalized spacial score (nSPS) is 19.3. The molecule has 1 aromatic rings. The molecule has 1 aromatic carbocycles. The van der Waals surface area contributed by atoms with Gasteiger partial charge in [-0.25, -0.2) is 8.78 Å². The number of nitrogens with zero attached hydrogens (tertiary/aromatic N) is 1. The number of amides is 1. The van der Waals surface area contributed by atoms with Crippen LogP contribution in [0.2, 0.25) is 0 Å². The van der Waals surface area contributed by atoms with Crippen LogP contribution < -0.4 is 0 Å². The van der Waals surface area contributed by atoms with Crippen LogP contribution in [0.5, 0.6) is 0 Å². The number of hydrogen-bond acceptors (Lipinski definition) is 2.